The van der Waals surface area contributed by atoms with Crippen LogP contribution in [0, 0.1) is 5.82 Å². The normalized spacial score (nSPS) is 16.1. The van der Waals surface area contributed by atoms with Gasteiger partial charge in [-0.15, -0.1) is 11.3 Å². The van der Waals surface area contributed by atoms with Crippen molar-refractivity contribution in [2.75, 3.05) is 13.7 Å². The maximum absolute atomic E-state index is 13.0. The van der Waals surface area contributed by atoms with Gasteiger partial charge in [-0.05, 0) is 55.5 Å². The summed E-state index contributed by atoms with van der Waals surface area (Å²) >= 11 is 1.42. The number of thiophene rings is 1. The molecule has 1 amide bonds. The Labute approximate surface area is 179 Å². The predicted molar refractivity (Wildman–Crippen MR) is 113 cm³/mol. The molecular formula is C23H26FNO4S. The third-order valence-electron chi connectivity index (χ3n) is 5.39. The molecule has 1 aromatic heterocycles. The lowest BCUT2D eigenvalue weighted by atomic mass is 10.0. The smallest absolute Gasteiger partial charge is 0.348 e. The van der Waals surface area contributed by atoms with Crippen molar-refractivity contribution in [2.24, 2.45) is 0 Å². The Balaban J connectivity index is 1.44. The third-order valence-corrected chi connectivity index (χ3v) is 6.52. The molecule has 0 bridgehead atoms. The fraction of sp³-hybridized carbons (Fsp3) is 0.435. The molecule has 160 valence electrons. The van der Waals surface area contributed by atoms with Gasteiger partial charge in [-0.25, -0.2) is 9.18 Å². The highest BCUT2D eigenvalue weighted by Crippen LogP contribution is 2.25. The topological polar surface area (TPSA) is 63.7 Å². The number of ketones is 1. The number of Topliss-reactive ketones (excluding diaryl/α,β-unsaturated/α-hetero) is 1. The van der Waals surface area contributed by atoms with Crippen molar-refractivity contribution < 1.29 is 23.5 Å². The molecule has 30 heavy (non-hydrogen) atoms. The number of halogens is 1. The molecule has 3 rings (SSSR count). The van der Waals surface area contributed by atoms with E-state index in [9.17, 15) is 18.8 Å². The first kappa shape index (κ1) is 22.2. The molecule has 1 atom stereocenters. The van der Waals surface area contributed by atoms with Crippen LogP contribution < -0.4 is 0 Å². The second kappa shape index (κ2) is 10.5. The molecule has 0 aliphatic carbocycles. The summed E-state index contributed by atoms with van der Waals surface area (Å²) in [7, 11) is 1.37. The van der Waals surface area contributed by atoms with E-state index in [1.165, 1.54) is 30.6 Å². The van der Waals surface area contributed by atoms with Crippen LogP contribution in [0.1, 0.15) is 52.2 Å². The van der Waals surface area contributed by atoms with E-state index in [4.69, 9.17) is 4.74 Å². The number of ether oxygens (including phenoxy) is 1. The highest BCUT2D eigenvalue weighted by molar-refractivity contribution is 7.13. The second-order valence-electron chi connectivity index (χ2n) is 7.52. The summed E-state index contributed by atoms with van der Waals surface area (Å²) in [4.78, 5) is 39.7. The molecule has 7 heteroatoms. The largest absolute Gasteiger partial charge is 0.465 e. The van der Waals surface area contributed by atoms with Gasteiger partial charge in [-0.1, -0.05) is 12.1 Å². The molecule has 2 heterocycles. The van der Waals surface area contributed by atoms with E-state index in [0.717, 1.165) is 29.7 Å². The van der Waals surface area contributed by atoms with Crippen LogP contribution in [-0.4, -0.2) is 42.3 Å². The van der Waals surface area contributed by atoms with Crippen LogP contribution in [0.2, 0.25) is 0 Å². The average molecular weight is 432 g/mol. The Kier molecular flexibility index (Phi) is 7.74. The van der Waals surface area contributed by atoms with E-state index in [0.29, 0.717) is 37.1 Å². The minimum atomic E-state index is -0.327. The summed E-state index contributed by atoms with van der Waals surface area (Å²) in [5.74, 6) is -0.385. The van der Waals surface area contributed by atoms with E-state index in [1.54, 1.807) is 18.2 Å². The fourth-order valence-corrected chi connectivity index (χ4v) is 4.76. The standard InChI is InChI=1S/C23H26FNO4S/c1-29-23(28)21-12-11-20(30-21)3-2-14-25-18(9-13-22(25)27)8-10-19(26)15-16-4-6-17(24)7-5-16/h4-7,11-12,18H,2-3,8-10,13-15H2,1H3/t18-/m0/s1. The zero-order valence-electron chi connectivity index (χ0n) is 17.1. The molecule has 1 aliphatic rings. The van der Waals surface area contributed by atoms with E-state index >= 15 is 0 Å². The van der Waals surface area contributed by atoms with E-state index in [2.05, 4.69) is 0 Å². The van der Waals surface area contributed by atoms with Crippen LogP contribution >= 0.6 is 11.3 Å². The van der Waals surface area contributed by atoms with Crippen molar-refractivity contribution in [3.05, 3.63) is 57.5 Å². The molecular weight excluding hydrogens is 405 g/mol. The summed E-state index contributed by atoms with van der Waals surface area (Å²) < 4.78 is 17.7. The molecule has 0 radical (unpaired) electrons. The molecule has 1 fully saturated rings. The van der Waals surface area contributed by atoms with E-state index < -0.39 is 0 Å². The van der Waals surface area contributed by atoms with Crippen molar-refractivity contribution in [1.82, 2.24) is 4.90 Å². The lowest BCUT2D eigenvalue weighted by molar-refractivity contribution is -0.129. The lowest BCUT2D eigenvalue weighted by Crippen LogP contribution is -2.34. The first-order valence-electron chi connectivity index (χ1n) is 10.2. The fourth-order valence-electron chi connectivity index (χ4n) is 3.79. The van der Waals surface area contributed by atoms with E-state index in [-0.39, 0.29) is 29.5 Å². The predicted octanol–water partition coefficient (Wildman–Crippen LogP) is 4.19. The van der Waals surface area contributed by atoms with Crippen molar-refractivity contribution in [2.45, 2.75) is 51.0 Å². The Morgan fingerprint density at radius 1 is 1.20 bits per heavy atom. The molecule has 0 unspecified atom stereocenters. The van der Waals surface area contributed by atoms with Crippen molar-refractivity contribution in [3.63, 3.8) is 0 Å². The summed E-state index contributed by atoms with van der Waals surface area (Å²) in [5, 5.41) is 0. The van der Waals surface area contributed by atoms with Gasteiger partial charge in [0, 0.05) is 36.7 Å². The Morgan fingerprint density at radius 2 is 1.97 bits per heavy atom. The number of rotatable bonds is 10. The number of hydrogen-bond donors (Lipinski definition) is 0. The highest BCUT2D eigenvalue weighted by Gasteiger charge is 2.30. The van der Waals surface area contributed by atoms with Gasteiger partial charge in [-0.2, -0.15) is 0 Å². The van der Waals surface area contributed by atoms with Gasteiger partial charge in [0.05, 0.1) is 7.11 Å². The van der Waals surface area contributed by atoms with Gasteiger partial charge in [0.1, 0.15) is 16.5 Å². The Bertz CT molecular complexity index is 893. The Hall–Kier alpha value is -2.54. The van der Waals surface area contributed by atoms with Crippen molar-refractivity contribution in [3.8, 4) is 0 Å². The van der Waals surface area contributed by atoms with Crippen LogP contribution in [0.3, 0.4) is 0 Å². The van der Waals surface area contributed by atoms with Gasteiger partial charge >= 0.3 is 5.97 Å². The maximum Gasteiger partial charge on any atom is 0.348 e. The molecule has 5 nitrogen and oxygen atoms in total. The van der Waals surface area contributed by atoms with Crippen molar-refractivity contribution >= 4 is 29.0 Å². The molecule has 1 aromatic carbocycles. The Morgan fingerprint density at radius 3 is 2.70 bits per heavy atom. The van der Waals surface area contributed by atoms with E-state index in [1.807, 2.05) is 11.0 Å². The molecule has 2 aromatic rings. The van der Waals surface area contributed by atoms with Crippen LogP contribution in [0.15, 0.2) is 36.4 Å². The van der Waals surface area contributed by atoms with Gasteiger partial charge < -0.3 is 9.64 Å². The monoisotopic (exact) mass is 431 g/mol. The lowest BCUT2D eigenvalue weighted by Gasteiger charge is -2.24. The van der Waals surface area contributed by atoms with Crippen LogP contribution in [0.25, 0.3) is 0 Å². The van der Waals surface area contributed by atoms with Crippen LogP contribution in [0.5, 0.6) is 0 Å². The number of methoxy groups -OCH3 is 1. The van der Waals surface area contributed by atoms with Gasteiger partial charge in [0.25, 0.3) is 0 Å². The molecule has 0 N–H and O–H groups in total. The molecule has 0 spiro atoms. The van der Waals surface area contributed by atoms with Crippen LogP contribution in [-0.2, 0) is 27.2 Å². The minimum Gasteiger partial charge on any atom is -0.465 e. The number of likely N-dealkylation sites (tertiary alicyclic amines) is 1. The zero-order chi connectivity index (χ0) is 21.5. The maximum atomic E-state index is 13.0. The summed E-state index contributed by atoms with van der Waals surface area (Å²) in [5.41, 5.74) is 0.808. The number of carbonyl (C=O) groups excluding carboxylic acids is 3. The van der Waals surface area contributed by atoms with Crippen LogP contribution in [0.4, 0.5) is 4.39 Å². The second-order valence-corrected chi connectivity index (χ2v) is 8.69. The highest BCUT2D eigenvalue weighted by atomic mass is 32.1. The van der Waals surface area contributed by atoms with Gasteiger partial charge in [-0.3, -0.25) is 9.59 Å². The number of nitrogens with zero attached hydrogens (tertiary/aromatic N) is 1. The average Bonchev–Trinajstić information content (AvgIpc) is 3.35. The molecule has 1 aliphatic heterocycles. The SMILES string of the molecule is COC(=O)c1ccc(CCCN2C(=O)CC[C@@H]2CCC(=O)Cc2ccc(F)cc2)s1. The van der Waals surface area contributed by atoms with Crippen molar-refractivity contribution in [1.29, 1.82) is 0 Å². The quantitative estimate of drug-likeness (QED) is 0.529. The number of carbonyl (C=O) groups is 3. The first-order valence-corrected chi connectivity index (χ1v) is 11.0. The molecule has 0 saturated carbocycles. The van der Waals surface area contributed by atoms with Gasteiger partial charge in [0.15, 0.2) is 0 Å². The third kappa shape index (κ3) is 5.98. The summed E-state index contributed by atoms with van der Waals surface area (Å²) in [6.07, 6.45) is 4.30. The summed E-state index contributed by atoms with van der Waals surface area (Å²) in [6.45, 7) is 0.654. The minimum absolute atomic E-state index is 0.101. The summed E-state index contributed by atoms with van der Waals surface area (Å²) in [6, 6.07) is 9.78. The number of benzene rings is 1. The number of esters is 1. The number of amides is 1. The molecule has 1 saturated heterocycles. The first-order chi connectivity index (χ1) is 14.5. The number of aryl methyl sites for hydroxylation is 1. The van der Waals surface area contributed by atoms with Gasteiger partial charge in [0.2, 0.25) is 5.91 Å². The number of hydrogen-bond acceptors (Lipinski definition) is 5. The zero-order valence-corrected chi connectivity index (χ0v) is 17.9.